The summed E-state index contributed by atoms with van der Waals surface area (Å²) < 4.78 is 8.43. The van der Waals surface area contributed by atoms with Gasteiger partial charge in [-0.25, -0.2) is 4.98 Å². The predicted molar refractivity (Wildman–Crippen MR) is 148 cm³/mol. The summed E-state index contributed by atoms with van der Waals surface area (Å²) in [5.41, 5.74) is 4.63. The molecule has 3 aromatic rings. The van der Waals surface area contributed by atoms with Crippen molar-refractivity contribution in [3.05, 3.63) is 59.4 Å². The molecule has 0 spiro atoms. The molecule has 1 amide bonds. The number of carbonyl (C=O) groups excluding carboxylic acids is 1. The Morgan fingerprint density at radius 1 is 1.00 bits per heavy atom. The number of amides is 1. The van der Waals surface area contributed by atoms with E-state index in [0.29, 0.717) is 19.1 Å². The first-order chi connectivity index (χ1) is 18.0. The molecule has 7 rings (SSSR count). The van der Waals surface area contributed by atoms with Crippen molar-refractivity contribution in [3.8, 4) is 5.75 Å². The van der Waals surface area contributed by atoms with Crippen LogP contribution in [-0.4, -0.2) is 28.6 Å². The van der Waals surface area contributed by atoms with Crippen molar-refractivity contribution in [2.75, 3.05) is 13.2 Å². The van der Waals surface area contributed by atoms with Crippen molar-refractivity contribution in [2.24, 2.45) is 23.2 Å². The van der Waals surface area contributed by atoms with Crippen LogP contribution >= 0.6 is 0 Å². The molecule has 1 N–H and O–H groups in total. The zero-order valence-electron chi connectivity index (χ0n) is 22.5. The number of hydrogen-bond donors (Lipinski definition) is 1. The van der Waals surface area contributed by atoms with E-state index in [1.165, 1.54) is 35.9 Å². The molecule has 5 nitrogen and oxygen atoms in total. The van der Waals surface area contributed by atoms with Gasteiger partial charge < -0.3 is 14.6 Å². The minimum absolute atomic E-state index is 0.0788. The zero-order chi connectivity index (χ0) is 25.4. The Morgan fingerprint density at radius 2 is 1.73 bits per heavy atom. The lowest BCUT2D eigenvalue weighted by Gasteiger charge is -2.55. The number of nitrogens with one attached hydrogen (secondary N) is 1. The van der Waals surface area contributed by atoms with Crippen molar-refractivity contribution in [3.63, 3.8) is 0 Å². The number of para-hydroxylation sites is 2. The van der Waals surface area contributed by atoms with Crippen LogP contribution in [0.5, 0.6) is 5.75 Å². The van der Waals surface area contributed by atoms with Gasteiger partial charge in [-0.1, -0.05) is 24.3 Å². The van der Waals surface area contributed by atoms with Gasteiger partial charge >= 0.3 is 0 Å². The van der Waals surface area contributed by atoms with Crippen LogP contribution in [0.15, 0.2) is 42.5 Å². The molecule has 0 radical (unpaired) electrons. The van der Waals surface area contributed by atoms with Crippen LogP contribution in [0.2, 0.25) is 0 Å². The second kappa shape index (κ2) is 10.2. The number of rotatable bonds is 10. The van der Waals surface area contributed by atoms with E-state index in [-0.39, 0.29) is 5.41 Å². The highest BCUT2D eigenvalue weighted by molar-refractivity contribution is 5.83. The van der Waals surface area contributed by atoms with Crippen molar-refractivity contribution >= 4 is 16.9 Å². The molecular weight excluding hydrogens is 458 g/mol. The summed E-state index contributed by atoms with van der Waals surface area (Å²) in [5.74, 6) is 4.75. The molecule has 37 heavy (non-hydrogen) atoms. The van der Waals surface area contributed by atoms with Crippen LogP contribution in [0.3, 0.4) is 0 Å². The van der Waals surface area contributed by atoms with Crippen molar-refractivity contribution in [2.45, 2.75) is 78.2 Å². The summed E-state index contributed by atoms with van der Waals surface area (Å²) in [6.45, 7) is 6.54. The average Bonchev–Trinajstić information content (AvgIpc) is 3.22. The fourth-order valence-corrected chi connectivity index (χ4v) is 7.86. The quantitative estimate of drug-likeness (QED) is 0.329. The Bertz CT molecular complexity index is 1240. The second-order valence-corrected chi connectivity index (χ2v) is 12.1. The maximum atomic E-state index is 13.4. The molecule has 4 saturated carbocycles. The molecule has 0 unspecified atom stereocenters. The highest BCUT2D eigenvalue weighted by atomic mass is 16.5. The number of imidazole rings is 1. The van der Waals surface area contributed by atoms with Crippen LogP contribution in [-0.2, 0) is 17.8 Å². The number of carbonyl (C=O) groups is 1. The fraction of sp³-hybridized carbons (Fsp3) is 0.562. The molecule has 0 aliphatic heterocycles. The summed E-state index contributed by atoms with van der Waals surface area (Å²) in [6, 6.07) is 14.6. The van der Waals surface area contributed by atoms with Crippen molar-refractivity contribution in [1.82, 2.24) is 14.9 Å². The van der Waals surface area contributed by atoms with Gasteiger partial charge in [-0.05, 0) is 112 Å². The summed E-state index contributed by atoms with van der Waals surface area (Å²) in [6.07, 6.45) is 10.2. The van der Waals surface area contributed by atoms with Gasteiger partial charge in [0, 0.05) is 24.9 Å². The number of ether oxygens (including phenoxy) is 1. The van der Waals surface area contributed by atoms with Gasteiger partial charge in [0.1, 0.15) is 11.6 Å². The third-order valence-corrected chi connectivity index (χ3v) is 9.48. The molecule has 4 bridgehead atoms. The molecule has 196 valence electrons. The van der Waals surface area contributed by atoms with Gasteiger partial charge in [0.2, 0.25) is 5.91 Å². The number of benzene rings is 2. The summed E-state index contributed by atoms with van der Waals surface area (Å²) in [4.78, 5) is 18.3. The molecule has 1 aromatic heterocycles. The number of aromatic nitrogens is 2. The first-order valence-corrected chi connectivity index (χ1v) is 14.4. The van der Waals surface area contributed by atoms with Crippen molar-refractivity contribution in [1.29, 1.82) is 0 Å². The Morgan fingerprint density at radius 3 is 2.49 bits per heavy atom. The minimum Gasteiger partial charge on any atom is -0.493 e. The van der Waals surface area contributed by atoms with Crippen molar-refractivity contribution < 1.29 is 9.53 Å². The smallest absolute Gasteiger partial charge is 0.226 e. The van der Waals surface area contributed by atoms with E-state index >= 15 is 0 Å². The van der Waals surface area contributed by atoms with E-state index in [1.807, 2.05) is 0 Å². The lowest BCUT2D eigenvalue weighted by molar-refractivity contribution is -0.146. The molecule has 4 aliphatic rings. The van der Waals surface area contributed by atoms with Gasteiger partial charge in [0.25, 0.3) is 0 Å². The molecule has 4 aliphatic carbocycles. The minimum atomic E-state index is -0.0788. The van der Waals surface area contributed by atoms with Gasteiger partial charge in [-0.15, -0.1) is 0 Å². The summed E-state index contributed by atoms with van der Waals surface area (Å²) in [7, 11) is 0. The largest absolute Gasteiger partial charge is 0.493 e. The average molecular weight is 500 g/mol. The Labute approximate surface area is 221 Å². The van der Waals surface area contributed by atoms with E-state index in [4.69, 9.17) is 9.72 Å². The Balaban J connectivity index is 1.05. The first-order valence-electron chi connectivity index (χ1n) is 14.4. The van der Waals surface area contributed by atoms with E-state index < -0.39 is 0 Å². The van der Waals surface area contributed by atoms with Gasteiger partial charge in [-0.2, -0.15) is 0 Å². The number of nitrogens with zero attached hydrogens (tertiary/aromatic N) is 2. The monoisotopic (exact) mass is 499 g/mol. The zero-order valence-corrected chi connectivity index (χ0v) is 22.5. The van der Waals surface area contributed by atoms with Crippen LogP contribution in [0, 0.1) is 37.0 Å². The van der Waals surface area contributed by atoms with Crippen LogP contribution in [0.25, 0.3) is 11.0 Å². The molecule has 4 fully saturated rings. The van der Waals surface area contributed by atoms with E-state index in [1.54, 1.807) is 0 Å². The maximum absolute atomic E-state index is 13.4. The number of unbranched alkanes of at least 4 members (excludes halogenated alkanes) is 1. The summed E-state index contributed by atoms with van der Waals surface area (Å²) >= 11 is 0. The molecule has 0 atom stereocenters. The van der Waals surface area contributed by atoms with Gasteiger partial charge in [0.15, 0.2) is 0 Å². The lowest BCUT2D eigenvalue weighted by Crippen LogP contribution is -2.53. The van der Waals surface area contributed by atoms with Crippen LogP contribution in [0.4, 0.5) is 0 Å². The topological polar surface area (TPSA) is 56.1 Å². The highest BCUT2D eigenvalue weighted by Crippen LogP contribution is 2.60. The maximum Gasteiger partial charge on any atom is 0.226 e. The fourth-order valence-electron chi connectivity index (χ4n) is 7.86. The van der Waals surface area contributed by atoms with Crippen LogP contribution in [0.1, 0.15) is 68.3 Å². The molecule has 5 heteroatoms. The normalized spacial score (nSPS) is 26.1. The number of hydrogen-bond acceptors (Lipinski definition) is 3. The Kier molecular flexibility index (Phi) is 6.73. The lowest BCUT2D eigenvalue weighted by atomic mass is 9.49. The third-order valence-electron chi connectivity index (χ3n) is 9.48. The summed E-state index contributed by atoms with van der Waals surface area (Å²) in [5, 5.41) is 3.35. The number of fused-ring (bicyclic) bond motifs is 1. The molecular formula is C32H41N3O2. The molecule has 2 aromatic carbocycles. The highest BCUT2D eigenvalue weighted by Gasteiger charge is 2.54. The predicted octanol–water partition coefficient (Wildman–Crippen LogP) is 6.39. The molecule has 1 heterocycles. The second-order valence-electron chi connectivity index (χ2n) is 12.1. The first kappa shape index (κ1) is 24.5. The third kappa shape index (κ3) is 4.89. The number of aryl methyl sites for hydroxylation is 2. The SMILES string of the molecule is Cc1cccc(OCCCCn2c(CCNC(=O)C34CC5CC(CC(C5)C3)C4)nc3ccccc32)c1C. The molecule has 0 saturated heterocycles. The van der Waals surface area contributed by atoms with E-state index in [9.17, 15) is 4.79 Å². The van der Waals surface area contributed by atoms with Crippen LogP contribution < -0.4 is 10.1 Å². The Hall–Kier alpha value is -2.82. The standard InChI is InChI=1S/C32H41N3O2/c1-22-8-7-11-29(23(22)2)37-15-6-5-14-35-28-10-4-3-9-27(28)34-30(35)12-13-33-31(36)32-19-24-16-25(20-32)18-26(17-24)21-32/h3-4,7-11,24-26H,5-6,12-21H2,1-2H3,(H,33,36). The van der Waals surface area contributed by atoms with Gasteiger partial charge in [-0.3, -0.25) is 4.79 Å². The van der Waals surface area contributed by atoms with E-state index in [0.717, 1.165) is 79.9 Å². The van der Waals surface area contributed by atoms with E-state index in [2.05, 4.69) is 66.2 Å². The van der Waals surface area contributed by atoms with Gasteiger partial charge in [0.05, 0.1) is 17.6 Å².